The summed E-state index contributed by atoms with van der Waals surface area (Å²) in [6.07, 6.45) is 1.09. The Labute approximate surface area is 106 Å². The standard InChI is InChI=1S/C13H19N3S/c1-10(8-13-5-4-6-17-13)14-9-12-7-11(2)15-16(12)3/h4-7,10,14H,8-9H2,1-3H3. The molecule has 1 unspecified atom stereocenters. The molecule has 17 heavy (non-hydrogen) atoms. The van der Waals surface area contributed by atoms with Gasteiger partial charge in [0, 0.05) is 24.5 Å². The topological polar surface area (TPSA) is 29.9 Å². The van der Waals surface area contributed by atoms with E-state index in [2.05, 4.69) is 40.9 Å². The van der Waals surface area contributed by atoms with Gasteiger partial charge in [0.25, 0.3) is 0 Å². The summed E-state index contributed by atoms with van der Waals surface area (Å²) in [4.78, 5) is 1.44. The normalized spacial score (nSPS) is 12.9. The summed E-state index contributed by atoms with van der Waals surface area (Å²) < 4.78 is 1.94. The lowest BCUT2D eigenvalue weighted by atomic mass is 10.2. The third-order valence-corrected chi connectivity index (χ3v) is 3.72. The van der Waals surface area contributed by atoms with Crippen LogP contribution in [0.5, 0.6) is 0 Å². The van der Waals surface area contributed by atoms with Crippen molar-refractivity contribution in [2.45, 2.75) is 32.9 Å². The minimum absolute atomic E-state index is 0.490. The molecule has 0 saturated carbocycles. The summed E-state index contributed by atoms with van der Waals surface area (Å²) in [6, 6.07) is 6.92. The molecule has 0 bridgehead atoms. The van der Waals surface area contributed by atoms with E-state index in [1.54, 1.807) is 0 Å². The molecule has 2 aromatic heterocycles. The van der Waals surface area contributed by atoms with Gasteiger partial charge in [-0.2, -0.15) is 5.10 Å². The number of aryl methyl sites for hydroxylation is 2. The van der Waals surface area contributed by atoms with Crippen LogP contribution in [0.3, 0.4) is 0 Å². The molecule has 2 aromatic rings. The minimum Gasteiger partial charge on any atom is -0.308 e. The summed E-state index contributed by atoms with van der Waals surface area (Å²) in [5, 5.41) is 10.0. The predicted molar refractivity (Wildman–Crippen MR) is 72.3 cm³/mol. The van der Waals surface area contributed by atoms with E-state index in [0.29, 0.717) is 6.04 Å². The number of thiophene rings is 1. The van der Waals surface area contributed by atoms with Crippen LogP contribution in [-0.2, 0) is 20.0 Å². The Morgan fingerprint density at radius 1 is 1.53 bits per heavy atom. The van der Waals surface area contributed by atoms with E-state index in [1.807, 2.05) is 30.0 Å². The van der Waals surface area contributed by atoms with Crippen LogP contribution in [0, 0.1) is 6.92 Å². The third-order valence-electron chi connectivity index (χ3n) is 2.82. The fourth-order valence-corrected chi connectivity index (χ4v) is 2.75. The van der Waals surface area contributed by atoms with Crippen molar-refractivity contribution in [3.63, 3.8) is 0 Å². The van der Waals surface area contributed by atoms with Gasteiger partial charge < -0.3 is 5.32 Å². The molecule has 0 fully saturated rings. The van der Waals surface area contributed by atoms with E-state index in [0.717, 1.165) is 18.7 Å². The molecule has 1 atom stereocenters. The van der Waals surface area contributed by atoms with Crippen molar-refractivity contribution in [3.05, 3.63) is 39.8 Å². The highest BCUT2D eigenvalue weighted by Gasteiger charge is 2.06. The zero-order valence-electron chi connectivity index (χ0n) is 10.6. The van der Waals surface area contributed by atoms with Gasteiger partial charge in [-0.25, -0.2) is 0 Å². The largest absolute Gasteiger partial charge is 0.308 e. The maximum absolute atomic E-state index is 4.34. The second kappa shape index (κ2) is 5.47. The van der Waals surface area contributed by atoms with Gasteiger partial charge in [0.2, 0.25) is 0 Å². The van der Waals surface area contributed by atoms with Crippen molar-refractivity contribution in [1.82, 2.24) is 15.1 Å². The van der Waals surface area contributed by atoms with E-state index in [4.69, 9.17) is 0 Å². The molecule has 0 aliphatic rings. The molecular weight excluding hydrogens is 230 g/mol. The third kappa shape index (κ3) is 3.41. The lowest BCUT2D eigenvalue weighted by molar-refractivity contribution is 0.528. The Morgan fingerprint density at radius 2 is 2.35 bits per heavy atom. The number of hydrogen-bond acceptors (Lipinski definition) is 3. The average molecular weight is 249 g/mol. The minimum atomic E-state index is 0.490. The molecule has 4 heteroatoms. The lowest BCUT2D eigenvalue weighted by Gasteiger charge is -2.12. The number of nitrogens with zero attached hydrogens (tertiary/aromatic N) is 2. The van der Waals surface area contributed by atoms with Crippen LogP contribution in [-0.4, -0.2) is 15.8 Å². The van der Waals surface area contributed by atoms with Gasteiger partial charge >= 0.3 is 0 Å². The zero-order valence-corrected chi connectivity index (χ0v) is 11.4. The second-order valence-corrected chi connectivity index (χ2v) is 5.50. The van der Waals surface area contributed by atoms with Crippen LogP contribution in [0.15, 0.2) is 23.6 Å². The van der Waals surface area contributed by atoms with Gasteiger partial charge in [0.05, 0.1) is 11.4 Å². The fourth-order valence-electron chi connectivity index (χ4n) is 1.91. The number of nitrogens with one attached hydrogen (secondary N) is 1. The lowest BCUT2D eigenvalue weighted by Crippen LogP contribution is -2.28. The highest BCUT2D eigenvalue weighted by molar-refractivity contribution is 7.09. The fraction of sp³-hybridized carbons (Fsp3) is 0.462. The van der Waals surface area contributed by atoms with Crippen LogP contribution < -0.4 is 5.32 Å². The Kier molecular flexibility index (Phi) is 3.97. The molecule has 0 amide bonds. The Hall–Kier alpha value is -1.13. The van der Waals surface area contributed by atoms with Gasteiger partial charge in [-0.15, -0.1) is 11.3 Å². The SMILES string of the molecule is Cc1cc(CNC(C)Cc2cccs2)n(C)n1. The van der Waals surface area contributed by atoms with E-state index in [9.17, 15) is 0 Å². The van der Waals surface area contributed by atoms with Crippen LogP contribution in [0.4, 0.5) is 0 Å². The maximum atomic E-state index is 4.34. The van der Waals surface area contributed by atoms with Crippen molar-refractivity contribution in [1.29, 1.82) is 0 Å². The first-order chi connectivity index (χ1) is 8.15. The average Bonchev–Trinajstić information content (AvgIpc) is 2.86. The van der Waals surface area contributed by atoms with Crippen molar-refractivity contribution in [2.24, 2.45) is 7.05 Å². The predicted octanol–water partition coefficient (Wildman–Crippen LogP) is 2.51. The first kappa shape index (κ1) is 12.3. The van der Waals surface area contributed by atoms with Gasteiger partial charge in [-0.05, 0) is 37.8 Å². The molecular formula is C13H19N3S. The summed E-state index contributed by atoms with van der Waals surface area (Å²) in [6.45, 7) is 5.13. The summed E-state index contributed by atoms with van der Waals surface area (Å²) in [5.41, 5.74) is 2.32. The van der Waals surface area contributed by atoms with Crippen LogP contribution >= 0.6 is 11.3 Å². The van der Waals surface area contributed by atoms with Crippen molar-refractivity contribution < 1.29 is 0 Å². The Bertz CT molecular complexity index is 459. The zero-order chi connectivity index (χ0) is 12.3. The molecule has 0 saturated heterocycles. The highest BCUT2D eigenvalue weighted by Crippen LogP contribution is 2.11. The molecule has 0 aliphatic heterocycles. The monoisotopic (exact) mass is 249 g/mol. The number of rotatable bonds is 5. The molecule has 0 radical (unpaired) electrons. The van der Waals surface area contributed by atoms with Crippen LogP contribution in [0.25, 0.3) is 0 Å². The van der Waals surface area contributed by atoms with E-state index in [-0.39, 0.29) is 0 Å². The van der Waals surface area contributed by atoms with Crippen LogP contribution in [0.2, 0.25) is 0 Å². The second-order valence-electron chi connectivity index (χ2n) is 4.47. The highest BCUT2D eigenvalue weighted by atomic mass is 32.1. The van der Waals surface area contributed by atoms with Gasteiger partial charge in [0.15, 0.2) is 0 Å². The van der Waals surface area contributed by atoms with E-state index in [1.165, 1.54) is 10.6 Å². The summed E-state index contributed by atoms with van der Waals surface area (Å²) >= 11 is 1.82. The first-order valence-corrected chi connectivity index (χ1v) is 6.78. The number of aromatic nitrogens is 2. The molecule has 92 valence electrons. The molecule has 3 nitrogen and oxygen atoms in total. The molecule has 0 aliphatic carbocycles. The van der Waals surface area contributed by atoms with Crippen LogP contribution in [0.1, 0.15) is 23.2 Å². The van der Waals surface area contributed by atoms with E-state index >= 15 is 0 Å². The van der Waals surface area contributed by atoms with Crippen molar-refractivity contribution in [3.8, 4) is 0 Å². The molecule has 2 heterocycles. The summed E-state index contributed by atoms with van der Waals surface area (Å²) in [5.74, 6) is 0. The Morgan fingerprint density at radius 3 is 2.94 bits per heavy atom. The molecule has 0 aromatic carbocycles. The van der Waals surface area contributed by atoms with Gasteiger partial charge in [-0.1, -0.05) is 6.07 Å². The van der Waals surface area contributed by atoms with Gasteiger partial charge in [0.1, 0.15) is 0 Å². The smallest absolute Gasteiger partial charge is 0.0597 e. The van der Waals surface area contributed by atoms with Gasteiger partial charge in [-0.3, -0.25) is 4.68 Å². The molecule has 2 rings (SSSR count). The Balaban J connectivity index is 1.84. The number of hydrogen-bond donors (Lipinski definition) is 1. The maximum Gasteiger partial charge on any atom is 0.0597 e. The molecule has 0 spiro atoms. The molecule has 1 N–H and O–H groups in total. The quantitative estimate of drug-likeness (QED) is 0.882. The van der Waals surface area contributed by atoms with Crippen molar-refractivity contribution >= 4 is 11.3 Å². The summed E-state index contributed by atoms with van der Waals surface area (Å²) in [7, 11) is 1.99. The van der Waals surface area contributed by atoms with E-state index < -0.39 is 0 Å². The van der Waals surface area contributed by atoms with Crippen molar-refractivity contribution in [2.75, 3.05) is 0 Å². The first-order valence-electron chi connectivity index (χ1n) is 5.90.